The van der Waals surface area contributed by atoms with Crippen LogP contribution in [0.5, 0.6) is 0 Å². The van der Waals surface area contributed by atoms with Gasteiger partial charge in [-0.15, -0.1) is 0 Å². The smallest absolute Gasteiger partial charge is 0.408 e. The normalized spacial score (nSPS) is 13.2. The van der Waals surface area contributed by atoms with Gasteiger partial charge in [0.2, 0.25) is 0 Å². The fourth-order valence-electron chi connectivity index (χ4n) is 1.42. The lowest BCUT2D eigenvalue weighted by molar-refractivity contribution is -0.167. The van der Waals surface area contributed by atoms with Gasteiger partial charge in [0.05, 0.1) is 5.41 Å². The van der Waals surface area contributed by atoms with Gasteiger partial charge in [0.15, 0.2) is 0 Å². The molecular formula is C16H29NO5. The van der Waals surface area contributed by atoms with Crippen LogP contribution in [0, 0.1) is 5.41 Å². The summed E-state index contributed by atoms with van der Waals surface area (Å²) >= 11 is 0. The first-order valence-electron chi connectivity index (χ1n) is 7.62. The Morgan fingerprint density at radius 1 is 1.05 bits per heavy atom. The van der Waals surface area contributed by atoms with Crippen molar-refractivity contribution < 1.29 is 23.9 Å². The van der Waals surface area contributed by atoms with E-state index >= 15 is 0 Å². The van der Waals surface area contributed by atoms with Crippen LogP contribution in [0.2, 0.25) is 0 Å². The van der Waals surface area contributed by atoms with Crippen molar-refractivity contribution >= 4 is 18.0 Å². The second-order valence-corrected chi connectivity index (χ2v) is 7.30. The highest BCUT2D eigenvalue weighted by Gasteiger charge is 2.31. The minimum Gasteiger partial charge on any atom is -0.444 e. The maximum absolute atomic E-state index is 12.1. The molecule has 0 aliphatic heterocycles. The van der Waals surface area contributed by atoms with Crippen LogP contribution in [-0.2, 0) is 19.1 Å². The number of esters is 2. The number of nitrogens with one attached hydrogen (secondary N) is 1. The summed E-state index contributed by atoms with van der Waals surface area (Å²) in [6, 6.07) is -0.888. The molecule has 6 heteroatoms. The maximum Gasteiger partial charge on any atom is 0.408 e. The molecule has 0 saturated carbocycles. The Balaban J connectivity index is 4.79. The molecular weight excluding hydrogens is 286 g/mol. The standard InChI is InChI=1S/C16H29NO5/c1-8-9-10-11(17-14(20)22-16(5,6)7)12(18)21-13(19)15(2,3)4/h11H,8-10H2,1-7H3,(H,17,20). The average Bonchev–Trinajstić information content (AvgIpc) is 2.30. The molecule has 1 unspecified atom stereocenters. The molecule has 6 nitrogen and oxygen atoms in total. The molecule has 0 heterocycles. The summed E-state index contributed by atoms with van der Waals surface area (Å²) in [7, 11) is 0. The molecule has 1 amide bonds. The first-order valence-corrected chi connectivity index (χ1v) is 7.62. The summed E-state index contributed by atoms with van der Waals surface area (Å²) in [5.41, 5.74) is -1.44. The summed E-state index contributed by atoms with van der Waals surface area (Å²) < 4.78 is 9.98. The van der Waals surface area contributed by atoms with E-state index in [1.165, 1.54) is 0 Å². The lowest BCUT2D eigenvalue weighted by Crippen LogP contribution is -2.45. The van der Waals surface area contributed by atoms with Gasteiger partial charge in [-0.1, -0.05) is 19.8 Å². The van der Waals surface area contributed by atoms with Crippen LogP contribution >= 0.6 is 0 Å². The van der Waals surface area contributed by atoms with Crippen LogP contribution in [-0.4, -0.2) is 29.7 Å². The van der Waals surface area contributed by atoms with E-state index in [0.717, 1.165) is 12.8 Å². The van der Waals surface area contributed by atoms with Gasteiger partial charge in [-0.05, 0) is 48.0 Å². The Hall–Kier alpha value is -1.59. The monoisotopic (exact) mass is 315 g/mol. The molecule has 0 aromatic rings. The quantitative estimate of drug-likeness (QED) is 0.622. The van der Waals surface area contributed by atoms with Crippen molar-refractivity contribution in [2.75, 3.05) is 0 Å². The molecule has 0 bridgehead atoms. The van der Waals surface area contributed by atoms with Crippen molar-refractivity contribution in [1.82, 2.24) is 5.32 Å². The zero-order valence-corrected chi connectivity index (χ0v) is 14.7. The highest BCUT2D eigenvalue weighted by Crippen LogP contribution is 2.16. The lowest BCUT2D eigenvalue weighted by Gasteiger charge is -2.23. The van der Waals surface area contributed by atoms with Gasteiger partial charge in [0.1, 0.15) is 11.6 Å². The number of hydrogen-bond donors (Lipinski definition) is 1. The predicted octanol–water partition coefficient (Wildman–Crippen LogP) is 3.19. The number of amides is 1. The molecule has 0 aliphatic rings. The Morgan fingerprint density at radius 3 is 2.00 bits per heavy atom. The van der Waals surface area contributed by atoms with Crippen molar-refractivity contribution in [3.05, 3.63) is 0 Å². The summed E-state index contributed by atoms with van der Waals surface area (Å²) in [6.07, 6.45) is 1.27. The highest BCUT2D eigenvalue weighted by atomic mass is 16.6. The van der Waals surface area contributed by atoms with Gasteiger partial charge in [-0.25, -0.2) is 9.59 Å². The first kappa shape index (κ1) is 20.4. The lowest BCUT2D eigenvalue weighted by atomic mass is 9.97. The number of rotatable bonds is 5. The van der Waals surface area contributed by atoms with Gasteiger partial charge in [-0.2, -0.15) is 0 Å². The fourth-order valence-corrected chi connectivity index (χ4v) is 1.42. The number of carbonyl (C=O) groups is 3. The Morgan fingerprint density at radius 2 is 1.59 bits per heavy atom. The summed E-state index contributed by atoms with van der Waals surface area (Å²) in [4.78, 5) is 35.7. The molecule has 0 aliphatic carbocycles. The van der Waals surface area contributed by atoms with Crippen LogP contribution in [0.4, 0.5) is 4.79 Å². The fraction of sp³-hybridized carbons (Fsp3) is 0.812. The molecule has 128 valence electrons. The third-order valence-corrected chi connectivity index (χ3v) is 2.63. The molecule has 1 atom stereocenters. The average molecular weight is 315 g/mol. The van der Waals surface area contributed by atoms with E-state index in [-0.39, 0.29) is 0 Å². The van der Waals surface area contributed by atoms with Crippen molar-refractivity contribution in [3.8, 4) is 0 Å². The van der Waals surface area contributed by atoms with E-state index < -0.39 is 35.1 Å². The van der Waals surface area contributed by atoms with Gasteiger partial charge in [-0.3, -0.25) is 4.79 Å². The van der Waals surface area contributed by atoms with E-state index in [2.05, 4.69) is 5.32 Å². The third kappa shape index (κ3) is 8.64. The number of unbranched alkanes of at least 4 members (excludes halogenated alkanes) is 1. The topological polar surface area (TPSA) is 81.7 Å². The van der Waals surface area contributed by atoms with Crippen molar-refractivity contribution in [1.29, 1.82) is 0 Å². The van der Waals surface area contributed by atoms with Gasteiger partial charge >= 0.3 is 18.0 Å². The summed E-state index contributed by atoms with van der Waals surface area (Å²) in [5, 5.41) is 2.48. The summed E-state index contributed by atoms with van der Waals surface area (Å²) in [5.74, 6) is -1.37. The third-order valence-electron chi connectivity index (χ3n) is 2.63. The minimum atomic E-state index is -0.888. The SMILES string of the molecule is CCCCC(NC(=O)OC(C)(C)C)C(=O)OC(=O)C(C)(C)C. The van der Waals surface area contributed by atoms with Crippen molar-refractivity contribution in [3.63, 3.8) is 0 Å². The minimum absolute atomic E-state index is 0.395. The largest absolute Gasteiger partial charge is 0.444 e. The van der Waals surface area contributed by atoms with Gasteiger partial charge in [0, 0.05) is 0 Å². The second-order valence-electron chi connectivity index (χ2n) is 7.30. The van der Waals surface area contributed by atoms with E-state index in [4.69, 9.17) is 9.47 Å². The van der Waals surface area contributed by atoms with E-state index in [9.17, 15) is 14.4 Å². The highest BCUT2D eigenvalue weighted by molar-refractivity contribution is 5.92. The van der Waals surface area contributed by atoms with E-state index in [1.807, 2.05) is 6.92 Å². The Bertz CT molecular complexity index is 404. The van der Waals surface area contributed by atoms with Crippen LogP contribution in [0.25, 0.3) is 0 Å². The second kappa shape index (κ2) is 8.15. The molecule has 22 heavy (non-hydrogen) atoms. The molecule has 0 radical (unpaired) electrons. The van der Waals surface area contributed by atoms with E-state index in [0.29, 0.717) is 6.42 Å². The van der Waals surface area contributed by atoms with Gasteiger partial charge in [0.25, 0.3) is 0 Å². The Kier molecular flexibility index (Phi) is 7.56. The van der Waals surface area contributed by atoms with Crippen molar-refractivity contribution in [2.45, 2.75) is 79.4 Å². The number of ether oxygens (including phenoxy) is 2. The molecule has 0 saturated heterocycles. The zero-order chi connectivity index (χ0) is 17.6. The number of alkyl carbamates (subject to hydrolysis) is 1. The number of hydrogen-bond acceptors (Lipinski definition) is 5. The number of carbonyl (C=O) groups excluding carboxylic acids is 3. The van der Waals surface area contributed by atoms with Crippen molar-refractivity contribution in [2.24, 2.45) is 5.41 Å². The Labute approximate surface area is 132 Å². The van der Waals surface area contributed by atoms with Crippen LogP contribution in [0.15, 0.2) is 0 Å². The molecule has 1 N–H and O–H groups in total. The maximum atomic E-state index is 12.1. The van der Waals surface area contributed by atoms with Gasteiger partial charge < -0.3 is 14.8 Å². The molecule has 0 aromatic carbocycles. The van der Waals surface area contributed by atoms with Crippen LogP contribution in [0.1, 0.15) is 67.7 Å². The zero-order valence-electron chi connectivity index (χ0n) is 14.7. The molecule has 0 fully saturated rings. The van der Waals surface area contributed by atoms with E-state index in [1.54, 1.807) is 41.5 Å². The first-order chi connectivity index (χ1) is 9.86. The predicted molar refractivity (Wildman–Crippen MR) is 83.2 cm³/mol. The summed E-state index contributed by atoms with van der Waals surface area (Å²) in [6.45, 7) is 12.1. The molecule has 0 aromatic heterocycles. The molecule has 0 spiro atoms. The van der Waals surface area contributed by atoms with Crippen LogP contribution < -0.4 is 5.32 Å². The van der Waals surface area contributed by atoms with Crippen LogP contribution in [0.3, 0.4) is 0 Å². The molecule has 0 rings (SSSR count).